The summed E-state index contributed by atoms with van der Waals surface area (Å²) in [6.07, 6.45) is 0. The standard InChI is InChI=1S/C6H14N.Na.H/c1-4-7(5-2)6-3;;/h1,4-6H2,2-3H3;;. The van der Waals surface area contributed by atoms with E-state index in [-0.39, 0.29) is 29.6 Å². The number of hydrogen-bond acceptors (Lipinski definition) is 1. The summed E-state index contributed by atoms with van der Waals surface area (Å²) in [5.74, 6) is 0. The van der Waals surface area contributed by atoms with Crippen molar-refractivity contribution < 1.29 is 0 Å². The molecule has 0 aromatic carbocycles. The molecule has 1 radical (unpaired) electrons. The van der Waals surface area contributed by atoms with Crippen LogP contribution in [0.2, 0.25) is 0 Å². The van der Waals surface area contributed by atoms with E-state index in [0.717, 1.165) is 19.6 Å². The van der Waals surface area contributed by atoms with Crippen LogP contribution in [0, 0.1) is 6.92 Å². The molecule has 0 rings (SSSR count). The van der Waals surface area contributed by atoms with Crippen LogP contribution in [0.1, 0.15) is 13.8 Å². The summed E-state index contributed by atoms with van der Waals surface area (Å²) in [7, 11) is 0. The van der Waals surface area contributed by atoms with Crippen molar-refractivity contribution in [3.05, 3.63) is 6.92 Å². The van der Waals surface area contributed by atoms with Crippen LogP contribution in [-0.4, -0.2) is 54.1 Å². The summed E-state index contributed by atoms with van der Waals surface area (Å²) in [5, 5.41) is 0. The van der Waals surface area contributed by atoms with Crippen LogP contribution in [0.4, 0.5) is 0 Å². The summed E-state index contributed by atoms with van der Waals surface area (Å²) in [6, 6.07) is 0. The van der Waals surface area contributed by atoms with E-state index < -0.39 is 0 Å². The molecule has 0 aliphatic heterocycles. The van der Waals surface area contributed by atoms with Gasteiger partial charge >= 0.3 is 29.6 Å². The number of hydrogen-bond donors (Lipinski definition) is 0. The third-order valence-corrected chi connectivity index (χ3v) is 1.21. The quantitative estimate of drug-likeness (QED) is 0.496. The SMILES string of the molecule is [CH2]CN(CC)CC.[NaH]. The first kappa shape index (κ1) is 11.7. The van der Waals surface area contributed by atoms with Gasteiger partial charge in [0, 0.05) is 0 Å². The summed E-state index contributed by atoms with van der Waals surface area (Å²) in [4.78, 5) is 2.26. The molecule has 0 aromatic rings. The van der Waals surface area contributed by atoms with E-state index in [1.807, 2.05) is 0 Å². The van der Waals surface area contributed by atoms with E-state index in [9.17, 15) is 0 Å². The van der Waals surface area contributed by atoms with Crippen molar-refractivity contribution >= 4 is 29.6 Å². The van der Waals surface area contributed by atoms with Crippen LogP contribution < -0.4 is 0 Å². The third-order valence-electron chi connectivity index (χ3n) is 1.21. The van der Waals surface area contributed by atoms with Gasteiger partial charge in [-0.3, -0.25) is 0 Å². The van der Waals surface area contributed by atoms with Gasteiger partial charge in [-0.25, -0.2) is 0 Å². The predicted octanol–water partition coefficient (Wildman–Crippen LogP) is 0.514. The fraction of sp³-hybridized carbons (Fsp3) is 0.833. The van der Waals surface area contributed by atoms with Crippen molar-refractivity contribution in [2.45, 2.75) is 13.8 Å². The van der Waals surface area contributed by atoms with Crippen LogP contribution in [0.15, 0.2) is 0 Å². The summed E-state index contributed by atoms with van der Waals surface area (Å²) in [6.45, 7) is 11.2. The zero-order valence-electron chi connectivity index (χ0n) is 5.28. The zero-order chi connectivity index (χ0) is 5.70. The maximum absolute atomic E-state index is 3.75. The molecule has 0 aliphatic rings. The average molecular weight is 124 g/mol. The van der Waals surface area contributed by atoms with Gasteiger partial charge in [0.05, 0.1) is 0 Å². The Morgan fingerprint density at radius 3 is 1.62 bits per heavy atom. The van der Waals surface area contributed by atoms with Gasteiger partial charge in [-0.15, -0.1) is 0 Å². The Morgan fingerprint density at radius 1 is 1.25 bits per heavy atom. The van der Waals surface area contributed by atoms with Gasteiger partial charge in [0.1, 0.15) is 0 Å². The van der Waals surface area contributed by atoms with Crippen molar-refractivity contribution in [2.75, 3.05) is 19.6 Å². The molecule has 45 valence electrons. The second kappa shape index (κ2) is 7.96. The Balaban J connectivity index is 0. The van der Waals surface area contributed by atoms with Crippen molar-refractivity contribution in [2.24, 2.45) is 0 Å². The molecule has 0 heterocycles. The van der Waals surface area contributed by atoms with Crippen LogP contribution >= 0.6 is 0 Å². The minimum absolute atomic E-state index is 0. The summed E-state index contributed by atoms with van der Waals surface area (Å²) >= 11 is 0. The van der Waals surface area contributed by atoms with Crippen molar-refractivity contribution in [3.8, 4) is 0 Å². The number of rotatable bonds is 3. The van der Waals surface area contributed by atoms with Gasteiger partial charge in [-0.2, -0.15) is 0 Å². The average Bonchev–Trinajstić information content (AvgIpc) is 1.72. The topological polar surface area (TPSA) is 3.24 Å². The monoisotopic (exact) mass is 124 g/mol. The molecule has 0 aliphatic carbocycles. The fourth-order valence-corrected chi connectivity index (χ4v) is 0.540. The zero-order valence-corrected chi connectivity index (χ0v) is 5.28. The van der Waals surface area contributed by atoms with Crippen LogP contribution in [0.3, 0.4) is 0 Å². The second-order valence-electron chi connectivity index (χ2n) is 1.53. The van der Waals surface area contributed by atoms with Gasteiger partial charge in [-0.05, 0) is 26.6 Å². The normalized spacial score (nSPS) is 9.00. The molecule has 0 saturated carbocycles. The Hall–Kier alpha value is 0.960. The van der Waals surface area contributed by atoms with E-state index in [0.29, 0.717) is 0 Å². The first-order chi connectivity index (χ1) is 3.35. The molecule has 1 nitrogen and oxygen atoms in total. The molecule has 0 saturated heterocycles. The van der Waals surface area contributed by atoms with Crippen molar-refractivity contribution in [1.29, 1.82) is 0 Å². The van der Waals surface area contributed by atoms with Gasteiger partial charge in [0.25, 0.3) is 0 Å². The molecule has 8 heavy (non-hydrogen) atoms. The Bertz CT molecular complexity index is 30.0. The van der Waals surface area contributed by atoms with Gasteiger partial charge in [0.15, 0.2) is 0 Å². The fourth-order valence-electron chi connectivity index (χ4n) is 0.540. The second-order valence-corrected chi connectivity index (χ2v) is 1.53. The molecule has 0 amide bonds. The molecular weight excluding hydrogens is 109 g/mol. The van der Waals surface area contributed by atoms with E-state index in [2.05, 4.69) is 25.7 Å². The molecule has 2 heteroatoms. The van der Waals surface area contributed by atoms with Gasteiger partial charge in [0.2, 0.25) is 0 Å². The van der Waals surface area contributed by atoms with E-state index in [1.165, 1.54) is 0 Å². The molecule has 0 unspecified atom stereocenters. The van der Waals surface area contributed by atoms with Gasteiger partial charge in [-0.1, -0.05) is 13.8 Å². The Labute approximate surface area is 74.7 Å². The minimum atomic E-state index is 0. The summed E-state index contributed by atoms with van der Waals surface area (Å²) < 4.78 is 0. The first-order valence-corrected chi connectivity index (χ1v) is 2.86. The number of nitrogens with zero attached hydrogens (tertiary/aromatic N) is 1. The Kier molecular flexibility index (Phi) is 11.7. The van der Waals surface area contributed by atoms with E-state index >= 15 is 0 Å². The van der Waals surface area contributed by atoms with E-state index in [1.54, 1.807) is 0 Å². The third kappa shape index (κ3) is 5.10. The molecule has 0 fully saturated rings. The van der Waals surface area contributed by atoms with Crippen LogP contribution in [0.5, 0.6) is 0 Å². The molecular formula is C6H15NNa. The molecule has 0 atom stereocenters. The molecule has 0 aromatic heterocycles. The molecule has 0 N–H and O–H groups in total. The van der Waals surface area contributed by atoms with E-state index in [4.69, 9.17) is 0 Å². The first-order valence-electron chi connectivity index (χ1n) is 2.86. The molecule has 0 bridgehead atoms. The van der Waals surface area contributed by atoms with Crippen LogP contribution in [-0.2, 0) is 0 Å². The predicted molar refractivity (Wildman–Crippen MR) is 40.3 cm³/mol. The van der Waals surface area contributed by atoms with Crippen LogP contribution in [0.25, 0.3) is 0 Å². The van der Waals surface area contributed by atoms with Crippen molar-refractivity contribution in [1.82, 2.24) is 4.90 Å². The molecule has 0 spiro atoms. The van der Waals surface area contributed by atoms with Gasteiger partial charge < -0.3 is 4.90 Å². The Morgan fingerprint density at radius 2 is 1.62 bits per heavy atom. The van der Waals surface area contributed by atoms with Crippen molar-refractivity contribution in [3.63, 3.8) is 0 Å². The maximum atomic E-state index is 3.75. The summed E-state index contributed by atoms with van der Waals surface area (Å²) in [5.41, 5.74) is 0.